The van der Waals surface area contributed by atoms with E-state index in [0.717, 1.165) is 4.90 Å². The zero-order chi connectivity index (χ0) is 17.0. The Kier molecular flexibility index (Phi) is 4.90. The number of methoxy groups -OCH3 is 1. The third-order valence-corrected chi connectivity index (χ3v) is 3.36. The highest BCUT2D eigenvalue weighted by Gasteiger charge is 2.41. The molecular weight excluding hydrogens is 300 g/mol. The van der Waals surface area contributed by atoms with Gasteiger partial charge in [0.25, 0.3) is 5.91 Å². The summed E-state index contributed by atoms with van der Waals surface area (Å²) < 4.78 is 4.50. The van der Waals surface area contributed by atoms with Crippen molar-refractivity contribution < 1.29 is 23.9 Å². The van der Waals surface area contributed by atoms with Gasteiger partial charge in [-0.2, -0.15) is 0 Å². The topological polar surface area (TPSA) is 92.8 Å². The Balaban J connectivity index is 2.34. The van der Waals surface area contributed by atoms with E-state index >= 15 is 0 Å². The van der Waals surface area contributed by atoms with Crippen molar-refractivity contribution in [3.05, 3.63) is 41.6 Å². The Hall–Kier alpha value is -2.96. The van der Waals surface area contributed by atoms with E-state index in [4.69, 9.17) is 0 Å². The van der Waals surface area contributed by atoms with Crippen molar-refractivity contribution >= 4 is 29.8 Å². The number of nitrogens with one attached hydrogen (secondary N) is 1. The Bertz CT molecular complexity index is 681. The standard InChI is InChI=1S/C16H16N2O5/c1-10(19)18-13(9-14(20)23-2)15(21)17-12(16(18)22)8-11-6-4-3-5-7-11/h3-8,13H,9H2,1-2H3,(H,17,21). The monoisotopic (exact) mass is 316 g/mol. The zero-order valence-electron chi connectivity index (χ0n) is 12.7. The molecule has 0 radical (unpaired) electrons. The van der Waals surface area contributed by atoms with E-state index in [1.165, 1.54) is 20.1 Å². The van der Waals surface area contributed by atoms with Crippen LogP contribution in [0.25, 0.3) is 6.08 Å². The lowest BCUT2D eigenvalue weighted by Crippen LogP contribution is -2.59. The molecule has 0 bridgehead atoms. The summed E-state index contributed by atoms with van der Waals surface area (Å²) >= 11 is 0. The van der Waals surface area contributed by atoms with E-state index in [2.05, 4.69) is 10.1 Å². The van der Waals surface area contributed by atoms with Crippen LogP contribution in [0.2, 0.25) is 0 Å². The number of hydrogen-bond acceptors (Lipinski definition) is 5. The van der Waals surface area contributed by atoms with Crippen LogP contribution in [0.3, 0.4) is 0 Å². The van der Waals surface area contributed by atoms with Crippen molar-refractivity contribution in [1.29, 1.82) is 0 Å². The number of benzene rings is 1. The molecule has 0 aromatic heterocycles. The lowest BCUT2D eigenvalue weighted by Gasteiger charge is -2.33. The first-order valence-electron chi connectivity index (χ1n) is 6.92. The van der Waals surface area contributed by atoms with E-state index in [9.17, 15) is 19.2 Å². The van der Waals surface area contributed by atoms with Crippen LogP contribution in [0.15, 0.2) is 36.0 Å². The van der Waals surface area contributed by atoms with Gasteiger partial charge < -0.3 is 10.1 Å². The zero-order valence-corrected chi connectivity index (χ0v) is 12.7. The third kappa shape index (κ3) is 3.63. The van der Waals surface area contributed by atoms with Crippen molar-refractivity contribution in [3.63, 3.8) is 0 Å². The summed E-state index contributed by atoms with van der Waals surface area (Å²) in [6, 6.07) is 7.68. The van der Waals surface area contributed by atoms with E-state index in [-0.39, 0.29) is 12.1 Å². The molecule has 0 saturated carbocycles. The van der Waals surface area contributed by atoms with Gasteiger partial charge in [0.05, 0.1) is 13.5 Å². The number of rotatable bonds is 3. The summed E-state index contributed by atoms with van der Waals surface area (Å²) in [6.07, 6.45) is 1.09. The van der Waals surface area contributed by atoms with Gasteiger partial charge >= 0.3 is 5.97 Å². The molecule has 3 amide bonds. The maximum absolute atomic E-state index is 12.5. The summed E-state index contributed by atoms with van der Waals surface area (Å²) in [5, 5.41) is 2.45. The smallest absolute Gasteiger partial charge is 0.308 e. The van der Waals surface area contributed by atoms with Gasteiger partial charge in [0.2, 0.25) is 11.8 Å². The minimum absolute atomic E-state index is 0.0162. The number of imide groups is 1. The third-order valence-electron chi connectivity index (χ3n) is 3.36. The number of ether oxygens (including phenoxy) is 1. The van der Waals surface area contributed by atoms with Gasteiger partial charge in [-0.1, -0.05) is 30.3 Å². The molecule has 1 N–H and O–H groups in total. The van der Waals surface area contributed by atoms with Gasteiger partial charge in [-0.05, 0) is 11.6 Å². The first-order valence-corrected chi connectivity index (χ1v) is 6.92. The lowest BCUT2D eigenvalue weighted by atomic mass is 10.1. The molecule has 0 aliphatic carbocycles. The fourth-order valence-electron chi connectivity index (χ4n) is 2.26. The molecule has 2 rings (SSSR count). The second-order valence-corrected chi connectivity index (χ2v) is 4.95. The van der Waals surface area contributed by atoms with Crippen LogP contribution in [-0.4, -0.2) is 41.7 Å². The fraction of sp³-hybridized carbons (Fsp3) is 0.250. The van der Waals surface area contributed by atoms with Crippen LogP contribution < -0.4 is 5.32 Å². The van der Waals surface area contributed by atoms with Crippen LogP contribution in [0.1, 0.15) is 18.9 Å². The van der Waals surface area contributed by atoms with Crippen LogP contribution in [0.4, 0.5) is 0 Å². The molecule has 120 valence electrons. The van der Waals surface area contributed by atoms with Crippen molar-refractivity contribution in [1.82, 2.24) is 10.2 Å². The van der Waals surface area contributed by atoms with Gasteiger partial charge in [-0.25, -0.2) is 0 Å². The lowest BCUT2D eigenvalue weighted by molar-refractivity contribution is -0.155. The Morgan fingerprint density at radius 1 is 1.26 bits per heavy atom. The van der Waals surface area contributed by atoms with E-state index in [1.54, 1.807) is 24.3 Å². The number of carbonyl (C=O) groups is 4. The number of amides is 3. The summed E-state index contributed by atoms with van der Waals surface area (Å²) in [5.74, 6) is -2.56. The second kappa shape index (κ2) is 6.87. The van der Waals surface area contributed by atoms with Gasteiger partial charge in [-0.3, -0.25) is 24.1 Å². The predicted molar refractivity (Wildman–Crippen MR) is 80.5 cm³/mol. The van der Waals surface area contributed by atoms with Gasteiger partial charge in [0.15, 0.2) is 0 Å². The quantitative estimate of drug-likeness (QED) is 0.646. The van der Waals surface area contributed by atoms with Crippen LogP contribution in [0, 0.1) is 0 Å². The van der Waals surface area contributed by atoms with E-state index in [0.29, 0.717) is 5.56 Å². The fourth-order valence-corrected chi connectivity index (χ4v) is 2.26. The van der Waals surface area contributed by atoms with Gasteiger partial charge in [0, 0.05) is 6.92 Å². The highest BCUT2D eigenvalue weighted by Crippen LogP contribution is 2.18. The molecule has 1 aromatic rings. The summed E-state index contributed by atoms with van der Waals surface area (Å²) in [6.45, 7) is 1.17. The van der Waals surface area contributed by atoms with Crippen LogP contribution in [-0.2, 0) is 23.9 Å². The van der Waals surface area contributed by atoms with Crippen molar-refractivity contribution in [2.45, 2.75) is 19.4 Å². The van der Waals surface area contributed by atoms with Gasteiger partial charge in [0.1, 0.15) is 11.7 Å². The van der Waals surface area contributed by atoms with Crippen molar-refractivity contribution in [2.75, 3.05) is 7.11 Å². The average molecular weight is 316 g/mol. The van der Waals surface area contributed by atoms with Crippen LogP contribution in [0.5, 0.6) is 0 Å². The number of esters is 1. The number of carbonyl (C=O) groups excluding carboxylic acids is 4. The van der Waals surface area contributed by atoms with Gasteiger partial charge in [-0.15, -0.1) is 0 Å². The molecule has 1 atom stereocenters. The molecule has 1 aliphatic heterocycles. The summed E-state index contributed by atoms with van der Waals surface area (Å²) in [7, 11) is 1.17. The predicted octanol–water partition coefficient (Wildman–Crippen LogP) is 0.464. The number of nitrogens with zero attached hydrogens (tertiary/aromatic N) is 1. The highest BCUT2D eigenvalue weighted by molar-refractivity contribution is 6.14. The maximum Gasteiger partial charge on any atom is 0.308 e. The molecule has 23 heavy (non-hydrogen) atoms. The molecule has 0 spiro atoms. The Labute approximate surface area is 132 Å². The second-order valence-electron chi connectivity index (χ2n) is 4.95. The Morgan fingerprint density at radius 2 is 1.91 bits per heavy atom. The van der Waals surface area contributed by atoms with E-state index < -0.39 is 29.7 Å². The molecule has 1 heterocycles. The first-order chi connectivity index (χ1) is 10.9. The minimum atomic E-state index is -1.21. The molecule has 1 aliphatic rings. The summed E-state index contributed by atoms with van der Waals surface area (Å²) in [4.78, 5) is 48.6. The first kappa shape index (κ1) is 16.4. The molecule has 7 heteroatoms. The normalized spacial score (nSPS) is 19.5. The molecule has 1 unspecified atom stereocenters. The Morgan fingerprint density at radius 3 is 2.48 bits per heavy atom. The molecule has 1 fully saturated rings. The molecule has 1 saturated heterocycles. The summed E-state index contributed by atoms with van der Waals surface area (Å²) in [5.41, 5.74) is 0.684. The molecule has 1 aromatic carbocycles. The average Bonchev–Trinajstić information content (AvgIpc) is 2.52. The maximum atomic E-state index is 12.5. The number of piperazine rings is 1. The number of hydrogen-bond donors (Lipinski definition) is 1. The molecular formula is C16H16N2O5. The van der Waals surface area contributed by atoms with Crippen LogP contribution >= 0.6 is 0 Å². The van der Waals surface area contributed by atoms with Crippen molar-refractivity contribution in [2.24, 2.45) is 0 Å². The van der Waals surface area contributed by atoms with E-state index in [1.807, 2.05) is 6.07 Å². The molecule has 7 nitrogen and oxygen atoms in total. The highest BCUT2D eigenvalue weighted by atomic mass is 16.5. The van der Waals surface area contributed by atoms with Crippen molar-refractivity contribution in [3.8, 4) is 0 Å². The largest absolute Gasteiger partial charge is 0.469 e. The minimum Gasteiger partial charge on any atom is -0.469 e. The SMILES string of the molecule is COC(=O)CC1C(=O)NC(=Cc2ccccc2)C(=O)N1C(C)=O.